The van der Waals surface area contributed by atoms with Crippen molar-refractivity contribution in [2.45, 2.75) is 18.7 Å². The van der Waals surface area contributed by atoms with Crippen molar-refractivity contribution in [1.29, 1.82) is 0 Å². The largest absolute Gasteiger partial charge is 0.497 e. The summed E-state index contributed by atoms with van der Waals surface area (Å²) in [6, 6.07) is 19.6. The topological polar surface area (TPSA) is 72.1 Å². The summed E-state index contributed by atoms with van der Waals surface area (Å²) < 4.78 is 17.3. The zero-order valence-electron chi connectivity index (χ0n) is 19.4. The van der Waals surface area contributed by atoms with E-state index in [1.807, 2.05) is 42.2 Å². The molecule has 2 aliphatic rings. The quantitative estimate of drug-likeness (QED) is 0.460. The molecule has 0 saturated carbocycles. The Morgan fingerprint density at radius 2 is 1.80 bits per heavy atom. The second kappa shape index (κ2) is 8.94. The van der Waals surface area contributed by atoms with Crippen molar-refractivity contribution in [3.63, 3.8) is 0 Å². The molecule has 1 saturated heterocycles. The first kappa shape index (κ1) is 23.3. The number of amides is 1. The maximum Gasteiger partial charge on any atom is 0.236 e. The zero-order chi connectivity index (χ0) is 24.7. The minimum absolute atomic E-state index is 0.224. The van der Waals surface area contributed by atoms with Crippen LogP contribution >= 0.6 is 23.8 Å². The van der Waals surface area contributed by atoms with Gasteiger partial charge < -0.3 is 24.8 Å². The molecule has 7 nitrogen and oxygen atoms in total. The molecule has 0 unspecified atom stereocenters. The highest BCUT2D eigenvalue weighted by Gasteiger charge is 2.59. The van der Waals surface area contributed by atoms with Gasteiger partial charge in [0.05, 0.1) is 20.3 Å². The third-order valence-corrected chi connectivity index (χ3v) is 6.95. The van der Waals surface area contributed by atoms with Crippen molar-refractivity contribution in [3.05, 3.63) is 77.3 Å². The number of thiocarbonyl (C=S) groups is 1. The molecular weight excluding hydrogens is 486 g/mol. The fourth-order valence-electron chi connectivity index (χ4n) is 4.79. The standard InChI is InChI=1S/C26H24ClN3O4S/c1-26-22(24(31)28-16-7-9-18(32-2)10-8-16)23(20-14-19(33-3)11-12-21(20)34-26)29-25(35)30(26)17-6-4-5-15(27)13-17/h4-14,22-23H,1-3H3,(H,28,31)(H,29,35)/t22-,23+,26+/m1/s1. The van der Waals surface area contributed by atoms with Gasteiger partial charge in [-0.1, -0.05) is 17.7 Å². The average molecular weight is 510 g/mol. The molecule has 1 amide bonds. The Bertz CT molecular complexity index is 1300. The lowest BCUT2D eigenvalue weighted by Crippen LogP contribution is -2.72. The number of ether oxygens (including phenoxy) is 3. The number of methoxy groups -OCH3 is 2. The third-order valence-electron chi connectivity index (χ3n) is 6.41. The molecule has 1 fully saturated rings. The minimum Gasteiger partial charge on any atom is -0.497 e. The number of carbonyl (C=O) groups excluding carboxylic acids is 1. The Balaban J connectivity index is 1.60. The summed E-state index contributed by atoms with van der Waals surface area (Å²) in [4.78, 5) is 15.7. The first-order chi connectivity index (χ1) is 16.8. The van der Waals surface area contributed by atoms with Crippen molar-refractivity contribution in [1.82, 2.24) is 5.32 Å². The van der Waals surface area contributed by atoms with Crippen LogP contribution in [0.1, 0.15) is 18.5 Å². The van der Waals surface area contributed by atoms with Crippen LogP contribution in [-0.4, -0.2) is 31.0 Å². The summed E-state index contributed by atoms with van der Waals surface area (Å²) in [5, 5.41) is 7.40. The van der Waals surface area contributed by atoms with Crippen LogP contribution in [0.15, 0.2) is 66.7 Å². The van der Waals surface area contributed by atoms with E-state index in [1.54, 1.807) is 50.6 Å². The monoisotopic (exact) mass is 509 g/mol. The van der Waals surface area contributed by atoms with Crippen LogP contribution in [0.2, 0.25) is 5.02 Å². The maximum atomic E-state index is 13.9. The fraction of sp³-hybridized carbons (Fsp3) is 0.231. The first-order valence-electron chi connectivity index (χ1n) is 11.0. The molecule has 9 heteroatoms. The number of rotatable bonds is 5. The molecule has 35 heavy (non-hydrogen) atoms. The number of halogens is 1. The number of hydrogen-bond acceptors (Lipinski definition) is 5. The number of nitrogens with one attached hydrogen (secondary N) is 2. The van der Waals surface area contributed by atoms with Gasteiger partial charge in [0.2, 0.25) is 5.91 Å². The van der Waals surface area contributed by atoms with E-state index in [9.17, 15) is 4.79 Å². The van der Waals surface area contributed by atoms with Gasteiger partial charge in [-0.05, 0) is 79.8 Å². The number of carbonyl (C=O) groups is 1. The third kappa shape index (κ3) is 4.02. The van der Waals surface area contributed by atoms with Gasteiger partial charge in [-0.3, -0.25) is 9.69 Å². The average Bonchev–Trinajstić information content (AvgIpc) is 2.83. The number of hydrogen-bond donors (Lipinski definition) is 2. The molecule has 3 aromatic carbocycles. The molecule has 5 rings (SSSR count). The van der Waals surface area contributed by atoms with E-state index < -0.39 is 17.7 Å². The highest BCUT2D eigenvalue weighted by Crippen LogP contribution is 2.50. The fourth-order valence-corrected chi connectivity index (χ4v) is 5.39. The summed E-state index contributed by atoms with van der Waals surface area (Å²) in [6.45, 7) is 1.87. The normalized spacial score (nSPS) is 22.4. The van der Waals surface area contributed by atoms with Crippen molar-refractivity contribution in [2.24, 2.45) is 5.92 Å². The van der Waals surface area contributed by atoms with Gasteiger partial charge in [-0.15, -0.1) is 0 Å². The number of anilines is 2. The number of nitrogens with zero attached hydrogens (tertiary/aromatic N) is 1. The molecule has 0 radical (unpaired) electrons. The van der Waals surface area contributed by atoms with E-state index in [-0.39, 0.29) is 5.91 Å². The Morgan fingerprint density at radius 1 is 1.09 bits per heavy atom. The van der Waals surface area contributed by atoms with Gasteiger partial charge in [0.1, 0.15) is 23.2 Å². The molecule has 2 heterocycles. The number of benzene rings is 3. The molecule has 0 aromatic heterocycles. The van der Waals surface area contributed by atoms with Crippen molar-refractivity contribution in [2.75, 3.05) is 24.4 Å². The van der Waals surface area contributed by atoms with E-state index in [1.165, 1.54) is 0 Å². The Labute approximate surface area is 213 Å². The van der Waals surface area contributed by atoms with E-state index in [0.29, 0.717) is 33.1 Å². The summed E-state index contributed by atoms with van der Waals surface area (Å²) in [5.41, 5.74) is 1.02. The highest BCUT2D eigenvalue weighted by molar-refractivity contribution is 7.80. The summed E-state index contributed by atoms with van der Waals surface area (Å²) in [6.07, 6.45) is 0. The van der Waals surface area contributed by atoms with Gasteiger partial charge in [-0.2, -0.15) is 0 Å². The van der Waals surface area contributed by atoms with Gasteiger partial charge in [-0.25, -0.2) is 0 Å². The van der Waals surface area contributed by atoms with Gasteiger partial charge in [0.15, 0.2) is 10.8 Å². The van der Waals surface area contributed by atoms with Gasteiger partial charge in [0, 0.05) is 22.0 Å². The molecule has 0 aliphatic carbocycles. The van der Waals surface area contributed by atoms with Crippen LogP contribution in [0.3, 0.4) is 0 Å². The molecule has 0 spiro atoms. The SMILES string of the molecule is COc1ccc(NC(=O)[C@H]2[C@H]3NC(=S)N(c4cccc(Cl)c4)[C@@]2(C)Oc2ccc(OC)cc23)cc1. The molecule has 2 N–H and O–H groups in total. The van der Waals surface area contributed by atoms with Crippen molar-refractivity contribution < 1.29 is 19.0 Å². The zero-order valence-corrected chi connectivity index (χ0v) is 20.9. The molecule has 2 bridgehead atoms. The van der Waals surface area contributed by atoms with Crippen LogP contribution in [0, 0.1) is 5.92 Å². The lowest BCUT2D eigenvalue weighted by atomic mass is 9.78. The van der Waals surface area contributed by atoms with E-state index in [2.05, 4.69) is 10.6 Å². The second-order valence-electron chi connectivity index (χ2n) is 8.50. The Morgan fingerprint density at radius 3 is 2.49 bits per heavy atom. The summed E-state index contributed by atoms with van der Waals surface area (Å²) in [5.74, 6) is 1.10. The Hall–Kier alpha value is -3.49. The van der Waals surface area contributed by atoms with Crippen LogP contribution in [0.4, 0.5) is 11.4 Å². The van der Waals surface area contributed by atoms with Crippen LogP contribution in [0.25, 0.3) is 0 Å². The number of fused-ring (bicyclic) bond motifs is 4. The van der Waals surface area contributed by atoms with E-state index >= 15 is 0 Å². The highest BCUT2D eigenvalue weighted by atomic mass is 35.5. The van der Waals surface area contributed by atoms with Crippen LogP contribution in [0.5, 0.6) is 17.2 Å². The van der Waals surface area contributed by atoms with Crippen LogP contribution in [-0.2, 0) is 4.79 Å². The molecule has 3 aromatic rings. The molecule has 2 aliphatic heterocycles. The maximum absolute atomic E-state index is 13.9. The lowest BCUT2D eigenvalue weighted by Gasteiger charge is -2.56. The molecule has 180 valence electrons. The van der Waals surface area contributed by atoms with Crippen molar-refractivity contribution >= 4 is 46.2 Å². The Kier molecular flexibility index (Phi) is 5.94. The van der Waals surface area contributed by atoms with Gasteiger partial charge >= 0.3 is 0 Å². The molecule has 3 atom stereocenters. The second-order valence-corrected chi connectivity index (χ2v) is 9.32. The van der Waals surface area contributed by atoms with E-state index in [0.717, 1.165) is 11.3 Å². The minimum atomic E-state index is -1.14. The van der Waals surface area contributed by atoms with Gasteiger partial charge in [0.25, 0.3) is 0 Å². The van der Waals surface area contributed by atoms with E-state index in [4.69, 9.17) is 38.0 Å². The first-order valence-corrected chi connectivity index (χ1v) is 11.8. The summed E-state index contributed by atoms with van der Waals surface area (Å²) >= 11 is 12.1. The smallest absolute Gasteiger partial charge is 0.236 e. The van der Waals surface area contributed by atoms with Crippen molar-refractivity contribution in [3.8, 4) is 17.2 Å². The predicted octanol–water partition coefficient (Wildman–Crippen LogP) is 5.16. The summed E-state index contributed by atoms with van der Waals surface area (Å²) in [7, 11) is 3.20. The molecular formula is C26H24ClN3O4S. The lowest BCUT2D eigenvalue weighted by molar-refractivity contribution is -0.130. The predicted molar refractivity (Wildman–Crippen MR) is 140 cm³/mol. The van der Waals surface area contributed by atoms with Crippen LogP contribution < -0.4 is 29.7 Å².